The normalized spacial score (nSPS) is 12.3. The summed E-state index contributed by atoms with van der Waals surface area (Å²) in [6.07, 6.45) is 2.42. The van der Waals surface area contributed by atoms with Gasteiger partial charge in [0.15, 0.2) is 0 Å². The zero-order chi connectivity index (χ0) is 18.0. The first-order chi connectivity index (χ1) is 12.0. The molecule has 0 bridgehead atoms. The molecule has 0 radical (unpaired) electrons. The molecule has 25 heavy (non-hydrogen) atoms. The molecule has 0 aliphatic carbocycles. The van der Waals surface area contributed by atoms with Crippen LogP contribution in [0, 0.1) is 13.8 Å². The minimum absolute atomic E-state index is 0.124. The van der Waals surface area contributed by atoms with E-state index in [1.54, 1.807) is 18.3 Å². The molecule has 2 N–H and O–H groups in total. The number of imidazole rings is 1. The van der Waals surface area contributed by atoms with Crippen LogP contribution in [0.15, 0.2) is 35.3 Å². The number of amides is 1. The first-order valence-corrected chi connectivity index (χ1v) is 8.27. The second kappa shape index (κ2) is 6.88. The van der Waals surface area contributed by atoms with Crippen LogP contribution in [0.3, 0.4) is 0 Å². The molecule has 0 spiro atoms. The molecule has 0 saturated carbocycles. The second-order valence-electron chi connectivity index (χ2n) is 6.07. The standard InChI is InChI=1S/C18H21N5O2/c1-4-15(17-19-9-11(2)20-17)21-16(24)10-23-18(25)14-8-6-5-7-13(14)12(3)22-23/h5-9,15H,4,10H2,1-3H3,(H,19,20)(H,21,24). The van der Waals surface area contributed by atoms with E-state index >= 15 is 0 Å². The Labute approximate surface area is 145 Å². The average molecular weight is 339 g/mol. The first-order valence-electron chi connectivity index (χ1n) is 8.27. The molecule has 2 heterocycles. The van der Waals surface area contributed by atoms with Gasteiger partial charge in [-0.2, -0.15) is 5.10 Å². The van der Waals surface area contributed by atoms with Crippen LogP contribution in [-0.4, -0.2) is 25.7 Å². The Balaban J connectivity index is 1.82. The van der Waals surface area contributed by atoms with Crippen molar-refractivity contribution in [2.24, 2.45) is 0 Å². The topological polar surface area (TPSA) is 92.7 Å². The smallest absolute Gasteiger partial charge is 0.275 e. The molecule has 130 valence electrons. The van der Waals surface area contributed by atoms with Crippen LogP contribution in [0.25, 0.3) is 10.8 Å². The number of hydrogen-bond donors (Lipinski definition) is 2. The minimum Gasteiger partial charge on any atom is -0.345 e. The summed E-state index contributed by atoms with van der Waals surface area (Å²) in [6, 6.07) is 7.06. The van der Waals surface area contributed by atoms with Gasteiger partial charge in [-0.1, -0.05) is 25.1 Å². The number of carbonyl (C=O) groups excluding carboxylic acids is 1. The maximum atomic E-state index is 12.5. The predicted octanol–water partition coefficient (Wildman–Crippen LogP) is 2.00. The Morgan fingerprint density at radius 3 is 2.64 bits per heavy atom. The van der Waals surface area contributed by atoms with Gasteiger partial charge in [0, 0.05) is 17.3 Å². The van der Waals surface area contributed by atoms with E-state index in [0.29, 0.717) is 17.6 Å². The quantitative estimate of drug-likeness (QED) is 0.743. The van der Waals surface area contributed by atoms with Crippen LogP contribution in [0.2, 0.25) is 0 Å². The van der Waals surface area contributed by atoms with E-state index in [4.69, 9.17) is 0 Å². The van der Waals surface area contributed by atoms with E-state index in [-0.39, 0.29) is 24.1 Å². The molecule has 7 heteroatoms. The lowest BCUT2D eigenvalue weighted by Crippen LogP contribution is -2.36. The van der Waals surface area contributed by atoms with Crippen molar-refractivity contribution in [1.29, 1.82) is 0 Å². The summed E-state index contributed by atoms with van der Waals surface area (Å²) in [6.45, 7) is 5.58. The van der Waals surface area contributed by atoms with Gasteiger partial charge in [-0.25, -0.2) is 9.67 Å². The van der Waals surface area contributed by atoms with Crippen LogP contribution < -0.4 is 10.9 Å². The highest BCUT2D eigenvalue weighted by Crippen LogP contribution is 2.13. The monoisotopic (exact) mass is 339 g/mol. The molecular formula is C18H21N5O2. The molecule has 3 rings (SSSR count). The summed E-state index contributed by atoms with van der Waals surface area (Å²) in [5, 5.41) is 8.55. The number of hydrogen-bond acceptors (Lipinski definition) is 4. The fraction of sp³-hybridized carbons (Fsp3) is 0.333. The highest BCUT2D eigenvalue weighted by Gasteiger charge is 2.17. The number of aryl methyl sites for hydroxylation is 2. The Hall–Kier alpha value is -2.96. The highest BCUT2D eigenvalue weighted by atomic mass is 16.2. The number of H-pyrrole nitrogens is 1. The summed E-state index contributed by atoms with van der Waals surface area (Å²) >= 11 is 0. The third-order valence-electron chi connectivity index (χ3n) is 4.14. The van der Waals surface area contributed by atoms with Gasteiger partial charge in [-0.05, 0) is 26.3 Å². The molecule has 2 aromatic heterocycles. The maximum absolute atomic E-state index is 12.5. The number of aromatic nitrogens is 4. The summed E-state index contributed by atoms with van der Waals surface area (Å²) in [7, 11) is 0. The molecule has 1 amide bonds. The van der Waals surface area contributed by atoms with E-state index in [2.05, 4.69) is 20.4 Å². The molecule has 7 nitrogen and oxygen atoms in total. The van der Waals surface area contributed by atoms with E-state index in [1.165, 1.54) is 4.68 Å². The van der Waals surface area contributed by atoms with Crippen LogP contribution in [0.5, 0.6) is 0 Å². The lowest BCUT2D eigenvalue weighted by Gasteiger charge is -2.15. The Bertz CT molecular complexity index is 973. The molecule has 0 aliphatic rings. The molecule has 1 aromatic carbocycles. The molecular weight excluding hydrogens is 318 g/mol. The van der Waals surface area contributed by atoms with Crippen LogP contribution in [0.4, 0.5) is 0 Å². The predicted molar refractivity (Wildman–Crippen MR) is 95.2 cm³/mol. The summed E-state index contributed by atoms with van der Waals surface area (Å²) in [5.41, 5.74) is 1.39. The first kappa shape index (κ1) is 16.9. The van der Waals surface area contributed by atoms with Gasteiger partial charge in [0.1, 0.15) is 12.4 Å². The summed E-state index contributed by atoms with van der Waals surface area (Å²) < 4.78 is 1.22. The molecule has 1 unspecified atom stereocenters. The number of aromatic amines is 1. The molecule has 1 atom stereocenters. The number of rotatable bonds is 5. The molecule has 0 fully saturated rings. The van der Waals surface area contributed by atoms with Crippen molar-refractivity contribution in [2.45, 2.75) is 39.8 Å². The van der Waals surface area contributed by atoms with Crippen molar-refractivity contribution in [2.75, 3.05) is 0 Å². The number of nitrogens with zero attached hydrogens (tertiary/aromatic N) is 3. The van der Waals surface area contributed by atoms with Crippen molar-refractivity contribution in [3.05, 3.63) is 58.0 Å². The van der Waals surface area contributed by atoms with E-state index < -0.39 is 0 Å². The maximum Gasteiger partial charge on any atom is 0.275 e. The second-order valence-corrected chi connectivity index (χ2v) is 6.07. The average Bonchev–Trinajstić information content (AvgIpc) is 3.03. The van der Waals surface area contributed by atoms with Crippen molar-refractivity contribution >= 4 is 16.7 Å². The number of carbonyl (C=O) groups is 1. The highest BCUT2D eigenvalue weighted by molar-refractivity contribution is 5.83. The zero-order valence-electron chi connectivity index (χ0n) is 14.5. The van der Waals surface area contributed by atoms with Gasteiger partial charge in [-0.3, -0.25) is 9.59 Å². The van der Waals surface area contributed by atoms with Crippen molar-refractivity contribution < 1.29 is 4.79 Å². The van der Waals surface area contributed by atoms with E-state index in [1.807, 2.05) is 32.9 Å². The van der Waals surface area contributed by atoms with Crippen molar-refractivity contribution in [3.63, 3.8) is 0 Å². The Kier molecular flexibility index (Phi) is 4.65. The van der Waals surface area contributed by atoms with Crippen LogP contribution in [-0.2, 0) is 11.3 Å². The Morgan fingerprint density at radius 1 is 1.28 bits per heavy atom. The fourth-order valence-corrected chi connectivity index (χ4v) is 2.86. The summed E-state index contributed by atoms with van der Waals surface area (Å²) in [4.78, 5) is 32.4. The van der Waals surface area contributed by atoms with Crippen LogP contribution >= 0.6 is 0 Å². The minimum atomic E-state index is -0.273. The lowest BCUT2D eigenvalue weighted by molar-refractivity contribution is -0.122. The van der Waals surface area contributed by atoms with Crippen molar-refractivity contribution in [1.82, 2.24) is 25.1 Å². The lowest BCUT2D eigenvalue weighted by atomic mass is 10.1. The number of nitrogens with one attached hydrogen (secondary N) is 2. The molecule has 0 saturated heterocycles. The number of fused-ring (bicyclic) bond motifs is 1. The van der Waals surface area contributed by atoms with Gasteiger partial charge in [-0.15, -0.1) is 0 Å². The third kappa shape index (κ3) is 3.45. The van der Waals surface area contributed by atoms with E-state index in [9.17, 15) is 9.59 Å². The van der Waals surface area contributed by atoms with Crippen molar-refractivity contribution in [3.8, 4) is 0 Å². The van der Waals surface area contributed by atoms with Gasteiger partial charge >= 0.3 is 0 Å². The van der Waals surface area contributed by atoms with E-state index in [0.717, 1.165) is 16.8 Å². The van der Waals surface area contributed by atoms with Crippen LogP contribution in [0.1, 0.15) is 36.6 Å². The summed E-state index contributed by atoms with van der Waals surface area (Å²) in [5.74, 6) is 0.438. The Morgan fingerprint density at radius 2 is 2.00 bits per heavy atom. The molecule has 3 aromatic rings. The SMILES string of the molecule is CCC(NC(=O)Cn1nc(C)c2ccccc2c1=O)c1ncc(C)[nH]1. The van der Waals surface area contributed by atoms with Gasteiger partial charge < -0.3 is 10.3 Å². The van der Waals surface area contributed by atoms with Gasteiger partial charge in [0.2, 0.25) is 5.91 Å². The zero-order valence-corrected chi connectivity index (χ0v) is 14.5. The largest absolute Gasteiger partial charge is 0.345 e. The molecule has 0 aliphatic heterocycles. The fourth-order valence-electron chi connectivity index (χ4n) is 2.86. The number of benzene rings is 1. The van der Waals surface area contributed by atoms with Gasteiger partial charge in [0.25, 0.3) is 5.56 Å². The van der Waals surface area contributed by atoms with Gasteiger partial charge in [0.05, 0.1) is 17.1 Å². The third-order valence-corrected chi connectivity index (χ3v) is 4.14.